The fourth-order valence-corrected chi connectivity index (χ4v) is 1.62. The lowest BCUT2D eigenvalue weighted by atomic mass is 10.1. The molecule has 2 aromatic rings. The third-order valence-corrected chi connectivity index (χ3v) is 2.47. The van der Waals surface area contributed by atoms with Gasteiger partial charge in [0.1, 0.15) is 17.0 Å². The maximum Gasteiger partial charge on any atom is 0.301 e. The van der Waals surface area contributed by atoms with Gasteiger partial charge < -0.3 is 0 Å². The SMILES string of the molecule is Cc1c(F)cc2ccc(C=O)nc2c1[N+](=O)[O-]. The van der Waals surface area contributed by atoms with E-state index >= 15 is 0 Å². The fourth-order valence-electron chi connectivity index (χ4n) is 1.62. The van der Waals surface area contributed by atoms with Crippen molar-refractivity contribution in [1.82, 2.24) is 4.98 Å². The first-order chi connectivity index (χ1) is 8.04. The molecule has 0 saturated heterocycles. The van der Waals surface area contributed by atoms with Gasteiger partial charge in [-0.15, -0.1) is 0 Å². The summed E-state index contributed by atoms with van der Waals surface area (Å²) in [5.74, 6) is -0.662. The molecule has 0 bridgehead atoms. The molecule has 0 aliphatic heterocycles. The van der Waals surface area contributed by atoms with E-state index in [4.69, 9.17) is 0 Å². The van der Waals surface area contributed by atoms with Crippen molar-refractivity contribution < 1.29 is 14.1 Å². The second kappa shape index (κ2) is 3.89. The lowest BCUT2D eigenvalue weighted by molar-refractivity contribution is -0.383. The third kappa shape index (κ3) is 1.73. The molecular formula is C11H7FN2O3. The van der Waals surface area contributed by atoms with E-state index in [2.05, 4.69) is 4.98 Å². The Kier molecular flexibility index (Phi) is 2.55. The van der Waals surface area contributed by atoms with Crippen molar-refractivity contribution in [3.05, 3.63) is 45.4 Å². The molecule has 0 spiro atoms. The molecule has 0 fully saturated rings. The number of halogens is 1. The molecule has 0 amide bonds. The number of aromatic nitrogens is 1. The van der Waals surface area contributed by atoms with Crippen LogP contribution < -0.4 is 0 Å². The van der Waals surface area contributed by atoms with E-state index in [0.29, 0.717) is 11.7 Å². The molecular weight excluding hydrogens is 227 g/mol. The first-order valence-corrected chi connectivity index (χ1v) is 4.74. The van der Waals surface area contributed by atoms with Gasteiger partial charge in [-0.1, -0.05) is 6.07 Å². The maximum absolute atomic E-state index is 13.5. The minimum Gasteiger partial charge on any atom is -0.296 e. The normalized spacial score (nSPS) is 10.5. The van der Waals surface area contributed by atoms with E-state index in [1.807, 2.05) is 0 Å². The minimum absolute atomic E-state index is 0.0264. The van der Waals surface area contributed by atoms with Gasteiger partial charge in [0.05, 0.1) is 10.5 Å². The number of nitro benzene ring substituents is 1. The predicted molar refractivity (Wildman–Crippen MR) is 58.5 cm³/mol. The van der Waals surface area contributed by atoms with Gasteiger partial charge in [-0.25, -0.2) is 9.37 Å². The molecule has 86 valence electrons. The van der Waals surface area contributed by atoms with Gasteiger partial charge in [-0.05, 0) is 19.1 Å². The van der Waals surface area contributed by atoms with Crippen molar-refractivity contribution in [1.29, 1.82) is 0 Å². The number of nitro groups is 1. The summed E-state index contributed by atoms with van der Waals surface area (Å²) in [7, 11) is 0. The number of pyridine rings is 1. The number of fused-ring (bicyclic) bond motifs is 1. The molecule has 0 saturated carbocycles. The average Bonchev–Trinajstić information content (AvgIpc) is 2.29. The zero-order valence-corrected chi connectivity index (χ0v) is 8.81. The van der Waals surface area contributed by atoms with Crippen LogP contribution in [0.25, 0.3) is 10.9 Å². The summed E-state index contributed by atoms with van der Waals surface area (Å²) < 4.78 is 13.5. The van der Waals surface area contributed by atoms with E-state index in [9.17, 15) is 19.3 Å². The topological polar surface area (TPSA) is 73.1 Å². The Labute approximate surface area is 95.0 Å². The molecule has 1 aromatic heterocycles. The number of hydrogen-bond acceptors (Lipinski definition) is 4. The highest BCUT2D eigenvalue weighted by Crippen LogP contribution is 2.29. The zero-order valence-electron chi connectivity index (χ0n) is 8.81. The quantitative estimate of drug-likeness (QED) is 0.454. The number of benzene rings is 1. The maximum atomic E-state index is 13.5. The number of aldehydes is 1. The number of carbonyl (C=O) groups is 1. The minimum atomic E-state index is -0.692. The fraction of sp³-hybridized carbons (Fsp3) is 0.0909. The van der Waals surface area contributed by atoms with Crippen molar-refractivity contribution >= 4 is 22.9 Å². The summed E-state index contributed by atoms with van der Waals surface area (Å²) >= 11 is 0. The Morgan fingerprint density at radius 3 is 2.76 bits per heavy atom. The van der Waals surface area contributed by atoms with Gasteiger partial charge in [0.2, 0.25) is 0 Å². The summed E-state index contributed by atoms with van der Waals surface area (Å²) in [5.41, 5.74) is -0.383. The third-order valence-electron chi connectivity index (χ3n) is 2.47. The standard InChI is InChI=1S/C11H7FN2O3/c1-6-9(12)4-7-2-3-8(5-15)13-10(7)11(6)14(16)17/h2-5H,1H3. The first-order valence-electron chi connectivity index (χ1n) is 4.74. The Morgan fingerprint density at radius 1 is 1.47 bits per heavy atom. The van der Waals surface area contributed by atoms with E-state index in [1.165, 1.54) is 25.1 Å². The predicted octanol–water partition coefficient (Wildman–Crippen LogP) is 2.40. The smallest absolute Gasteiger partial charge is 0.296 e. The van der Waals surface area contributed by atoms with Crippen LogP contribution in [0.4, 0.5) is 10.1 Å². The lowest BCUT2D eigenvalue weighted by Crippen LogP contribution is -1.99. The number of carbonyl (C=O) groups excluding carboxylic acids is 1. The average molecular weight is 234 g/mol. The highest BCUT2D eigenvalue weighted by molar-refractivity contribution is 5.91. The van der Waals surface area contributed by atoms with Crippen LogP contribution in [0.2, 0.25) is 0 Å². The van der Waals surface area contributed by atoms with E-state index in [1.54, 1.807) is 0 Å². The highest BCUT2D eigenvalue weighted by atomic mass is 19.1. The van der Waals surface area contributed by atoms with Crippen LogP contribution in [0.15, 0.2) is 18.2 Å². The van der Waals surface area contributed by atoms with Gasteiger partial charge in [-0.2, -0.15) is 0 Å². The monoisotopic (exact) mass is 234 g/mol. The molecule has 2 rings (SSSR count). The summed E-state index contributed by atoms with van der Waals surface area (Å²) in [5, 5.41) is 11.2. The molecule has 0 N–H and O–H groups in total. The zero-order chi connectivity index (χ0) is 12.6. The van der Waals surface area contributed by atoms with Gasteiger partial charge >= 0.3 is 5.69 Å². The molecule has 0 aliphatic rings. The second-order valence-corrected chi connectivity index (χ2v) is 3.51. The van der Waals surface area contributed by atoms with E-state index < -0.39 is 16.4 Å². The van der Waals surface area contributed by atoms with Crippen molar-refractivity contribution in [2.24, 2.45) is 0 Å². The molecule has 1 heterocycles. The summed E-state index contributed by atoms with van der Waals surface area (Å²) in [6.07, 6.45) is 0.488. The van der Waals surface area contributed by atoms with Crippen LogP contribution in [0, 0.1) is 22.9 Å². The summed E-state index contributed by atoms with van der Waals surface area (Å²) in [4.78, 5) is 24.6. The first kappa shape index (κ1) is 11.1. The Bertz CT molecular complexity index is 640. The summed E-state index contributed by atoms with van der Waals surface area (Å²) in [6, 6.07) is 3.98. The van der Waals surface area contributed by atoms with Gasteiger partial charge in [0, 0.05) is 5.39 Å². The Balaban J connectivity index is 2.94. The summed E-state index contributed by atoms with van der Waals surface area (Å²) in [6.45, 7) is 1.31. The van der Waals surface area contributed by atoms with Crippen LogP contribution in [0.5, 0.6) is 0 Å². The van der Waals surface area contributed by atoms with Crippen molar-refractivity contribution in [3.8, 4) is 0 Å². The number of nitrogens with zero attached hydrogens (tertiary/aromatic N) is 2. The van der Waals surface area contributed by atoms with Crippen LogP contribution in [-0.4, -0.2) is 16.2 Å². The van der Waals surface area contributed by atoms with Crippen LogP contribution >= 0.6 is 0 Å². The van der Waals surface area contributed by atoms with Crippen molar-refractivity contribution in [2.45, 2.75) is 6.92 Å². The van der Waals surface area contributed by atoms with Crippen LogP contribution in [-0.2, 0) is 0 Å². The Morgan fingerprint density at radius 2 is 2.18 bits per heavy atom. The molecule has 0 unspecified atom stereocenters. The lowest BCUT2D eigenvalue weighted by Gasteiger charge is -2.03. The van der Waals surface area contributed by atoms with Gasteiger partial charge in [0.25, 0.3) is 0 Å². The van der Waals surface area contributed by atoms with Crippen molar-refractivity contribution in [3.63, 3.8) is 0 Å². The van der Waals surface area contributed by atoms with E-state index in [-0.39, 0.29) is 16.8 Å². The van der Waals surface area contributed by atoms with Crippen molar-refractivity contribution in [2.75, 3.05) is 0 Å². The molecule has 0 aliphatic carbocycles. The van der Waals surface area contributed by atoms with E-state index in [0.717, 1.165) is 0 Å². The van der Waals surface area contributed by atoms with Crippen LogP contribution in [0.3, 0.4) is 0 Å². The molecule has 1 aromatic carbocycles. The second-order valence-electron chi connectivity index (χ2n) is 3.51. The number of rotatable bonds is 2. The Hall–Kier alpha value is -2.37. The number of hydrogen-bond donors (Lipinski definition) is 0. The molecule has 0 radical (unpaired) electrons. The largest absolute Gasteiger partial charge is 0.301 e. The van der Waals surface area contributed by atoms with Crippen LogP contribution in [0.1, 0.15) is 16.1 Å². The molecule has 6 heteroatoms. The van der Waals surface area contributed by atoms with Gasteiger partial charge in [-0.3, -0.25) is 14.9 Å². The molecule has 0 atom stereocenters. The molecule has 17 heavy (non-hydrogen) atoms. The highest BCUT2D eigenvalue weighted by Gasteiger charge is 2.21. The molecule has 5 nitrogen and oxygen atoms in total. The van der Waals surface area contributed by atoms with Gasteiger partial charge in [0.15, 0.2) is 6.29 Å².